The number of nitrogens with zero attached hydrogens (tertiary/aromatic N) is 1. The molecule has 2 rings (SSSR count). The molecule has 15 heavy (non-hydrogen) atoms. The molecule has 1 aliphatic rings. The Morgan fingerprint density at radius 1 is 1.20 bits per heavy atom. The van der Waals surface area contributed by atoms with E-state index in [9.17, 15) is 5.11 Å². The molecule has 0 radical (unpaired) electrons. The second-order valence-electron chi connectivity index (χ2n) is 4.08. The maximum Gasteiger partial charge on any atom is 0.115 e. The molecule has 1 atom stereocenters. The smallest absolute Gasteiger partial charge is 0.115 e. The Morgan fingerprint density at radius 2 is 1.87 bits per heavy atom. The molecule has 1 aromatic rings. The molecular formula is C12H18BrNO. The van der Waals surface area contributed by atoms with Crippen LogP contribution in [0.2, 0.25) is 0 Å². The molecule has 1 saturated heterocycles. The lowest BCUT2D eigenvalue weighted by Crippen LogP contribution is -2.29. The summed E-state index contributed by atoms with van der Waals surface area (Å²) in [6.45, 7) is 1.19. The van der Waals surface area contributed by atoms with E-state index < -0.39 is 0 Å². The zero-order valence-electron chi connectivity index (χ0n) is 9.02. The number of phenols is 1. The average molecular weight is 272 g/mol. The number of hydrogen-bond acceptors (Lipinski definition) is 2. The van der Waals surface area contributed by atoms with E-state index in [0.717, 1.165) is 0 Å². The Bertz CT molecular complexity index is 299. The van der Waals surface area contributed by atoms with Gasteiger partial charge in [0.15, 0.2) is 0 Å². The predicted molar refractivity (Wildman–Crippen MR) is 67.7 cm³/mol. The maximum absolute atomic E-state index is 9.21. The van der Waals surface area contributed by atoms with Gasteiger partial charge in [0.05, 0.1) is 0 Å². The average Bonchev–Trinajstić information content (AvgIpc) is 2.20. The number of phenolic OH excluding ortho intramolecular Hbond substituents is 1. The van der Waals surface area contributed by atoms with Gasteiger partial charge in [0.2, 0.25) is 0 Å². The molecule has 1 fully saturated rings. The zero-order valence-corrected chi connectivity index (χ0v) is 10.7. The van der Waals surface area contributed by atoms with Crippen molar-refractivity contribution in [1.82, 2.24) is 4.90 Å². The molecule has 0 aromatic heterocycles. The van der Waals surface area contributed by atoms with Crippen LogP contribution in [0.4, 0.5) is 0 Å². The molecule has 0 amide bonds. The van der Waals surface area contributed by atoms with Crippen LogP contribution in [0.25, 0.3) is 0 Å². The number of benzene rings is 1. The highest BCUT2D eigenvalue weighted by atomic mass is 79.9. The van der Waals surface area contributed by atoms with Gasteiger partial charge >= 0.3 is 0 Å². The van der Waals surface area contributed by atoms with Gasteiger partial charge < -0.3 is 5.11 Å². The van der Waals surface area contributed by atoms with Crippen molar-refractivity contribution in [3.63, 3.8) is 0 Å². The summed E-state index contributed by atoms with van der Waals surface area (Å²) in [5.41, 5.74) is 1.32. The van der Waals surface area contributed by atoms with Gasteiger partial charge in [-0.1, -0.05) is 18.6 Å². The van der Waals surface area contributed by atoms with Gasteiger partial charge in [-0.2, -0.15) is 0 Å². The first-order chi connectivity index (χ1) is 6.77. The van der Waals surface area contributed by atoms with Crippen molar-refractivity contribution in [3.8, 4) is 5.75 Å². The lowest BCUT2D eigenvalue weighted by Gasteiger charge is -2.32. The number of likely N-dealkylation sites (tertiary alicyclic amines) is 1. The molecule has 0 bridgehead atoms. The summed E-state index contributed by atoms with van der Waals surface area (Å²) < 4.78 is 0. The fourth-order valence-electron chi connectivity index (χ4n) is 2.19. The number of rotatable bonds is 1. The van der Waals surface area contributed by atoms with Gasteiger partial charge in [-0.3, -0.25) is 4.90 Å². The van der Waals surface area contributed by atoms with E-state index >= 15 is 0 Å². The van der Waals surface area contributed by atoms with Crippen LogP contribution < -0.4 is 0 Å². The Balaban J connectivity index is 0.00000112. The third-order valence-electron chi connectivity index (χ3n) is 3.05. The monoisotopic (exact) mass is 271 g/mol. The van der Waals surface area contributed by atoms with Crippen LogP contribution in [0, 0.1) is 0 Å². The Hall–Kier alpha value is -0.540. The summed E-state index contributed by atoms with van der Waals surface area (Å²) >= 11 is 0. The molecule has 84 valence electrons. The van der Waals surface area contributed by atoms with Crippen molar-refractivity contribution >= 4 is 17.0 Å². The first-order valence-corrected chi connectivity index (χ1v) is 5.26. The van der Waals surface area contributed by atoms with E-state index in [4.69, 9.17) is 0 Å². The first kappa shape index (κ1) is 12.5. The maximum atomic E-state index is 9.21. The molecule has 1 aliphatic heterocycles. The van der Waals surface area contributed by atoms with Crippen molar-refractivity contribution < 1.29 is 5.11 Å². The number of aromatic hydroxyl groups is 1. The lowest BCUT2D eigenvalue weighted by atomic mass is 9.96. The van der Waals surface area contributed by atoms with Crippen LogP contribution in [0.3, 0.4) is 0 Å². The number of hydrogen-bond donors (Lipinski definition) is 1. The quantitative estimate of drug-likeness (QED) is 0.849. The van der Waals surface area contributed by atoms with Crippen LogP contribution in [-0.4, -0.2) is 23.6 Å². The van der Waals surface area contributed by atoms with Crippen molar-refractivity contribution in [3.05, 3.63) is 29.8 Å². The minimum Gasteiger partial charge on any atom is -0.508 e. The zero-order chi connectivity index (χ0) is 9.97. The highest BCUT2D eigenvalue weighted by Crippen LogP contribution is 2.29. The summed E-state index contributed by atoms with van der Waals surface area (Å²) in [6.07, 6.45) is 3.86. The lowest BCUT2D eigenvalue weighted by molar-refractivity contribution is 0.187. The second kappa shape index (κ2) is 5.52. The first-order valence-electron chi connectivity index (χ1n) is 5.26. The Kier molecular flexibility index (Phi) is 4.61. The standard InChI is InChI=1S/C12H17NO.BrH/c1-13-9-3-2-4-12(13)10-5-7-11(14)8-6-10;/h5-8,12,14H,2-4,9H2,1H3;1H. The van der Waals surface area contributed by atoms with Gasteiger partial charge in [0.1, 0.15) is 5.75 Å². The third kappa shape index (κ3) is 2.95. The molecule has 1 N–H and O–H groups in total. The van der Waals surface area contributed by atoms with Crippen LogP contribution in [0.1, 0.15) is 30.9 Å². The summed E-state index contributed by atoms with van der Waals surface area (Å²) in [6, 6.07) is 8.16. The molecule has 2 nitrogen and oxygen atoms in total. The molecule has 1 heterocycles. The Morgan fingerprint density at radius 3 is 2.47 bits per heavy atom. The van der Waals surface area contributed by atoms with Crippen LogP contribution in [-0.2, 0) is 0 Å². The topological polar surface area (TPSA) is 23.5 Å². The van der Waals surface area contributed by atoms with Crippen molar-refractivity contribution in [2.75, 3.05) is 13.6 Å². The molecule has 0 spiro atoms. The van der Waals surface area contributed by atoms with E-state index in [1.165, 1.54) is 31.4 Å². The minimum absolute atomic E-state index is 0. The van der Waals surface area contributed by atoms with Gasteiger partial charge in [-0.25, -0.2) is 0 Å². The summed E-state index contributed by atoms with van der Waals surface area (Å²) in [7, 11) is 2.18. The molecule has 0 saturated carbocycles. The summed E-state index contributed by atoms with van der Waals surface area (Å²) in [5, 5.41) is 9.21. The molecule has 3 heteroatoms. The largest absolute Gasteiger partial charge is 0.508 e. The van der Waals surface area contributed by atoms with E-state index in [-0.39, 0.29) is 17.0 Å². The molecule has 1 unspecified atom stereocenters. The van der Waals surface area contributed by atoms with Crippen molar-refractivity contribution in [2.45, 2.75) is 25.3 Å². The molecule has 0 aliphatic carbocycles. The Labute approximate surface area is 102 Å². The molecule has 1 aromatic carbocycles. The van der Waals surface area contributed by atoms with Crippen LogP contribution >= 0.6 is 17.0 Å². The van der Waals surface area contributed by atoms with Crippen LogP contribution in [0.15, 0.2) is 24.3 Å². The highest BCUT2D eigenvalue weighted by molar-refractivity contribution is 8.93. The van der Waals surface area contributed by atoms with Gasteiger partial charge in [0.25, 0.3) is 0 Å². The third-order valence-corrected chi connectivity index (χ3v) is 3.05. The van der Waals surface area contributed by atoms with Crippen molar-refractivity contribution in [2.24, 2.45) is 0 Å². The van der Waals surface area contributed by atoms with E-state index in [0.29, 0.717) is 11.8 Å². The van der Waals surface area contributed by atoms with Crippen LogP contribution in [0.5, 0.6) is 5.75 Å². The SMILES string of the molecule is Br.CN1CCCCC1c1ccc(O)cc1. The van der Waals surface area contributed by atoms with E-state index in [2.05, 4.69) is 11.9 Å². The summed E-state index contributed by atoms with van der Waals surface area (Å²) in [5.74, 6) is 0.354. The number of halogens is 1. The predicted octanol–water partition coefficient (Wildman–Crippen LogP) is 3.13. The fourth-order valence-corrected chi connectivity index (χ4v) is 2.19. The number of piperidine rings is 1. The van der Waals surface area contributed by atoms with Crippen molar-refractivity contribution in [1.29, 1.82) is 0 Å². The highest BCUT2D eigenvalue weighted by Gasteiger charge is 2.19. The second-order valence-corrected chi connectivity index (χ2v) is 4.08. The summed E-state index contributed by atoms with van der Waals surface area (Å²) in [4.78, 5) is 2.40. The van der Waals surface area contributed by atoms with Gasteiger partial charge in [-0.15, -0.1) is 17.0 Å². The normalized spacial score (nSPS) is 22.1. The van der Waals surface area contributed by atoms with E-state index in [1.807, 2.05) is 12.1 Å². The molecular weight excluding hydrogens is 254 g/mol. The fraction of sp³-hybridized carbons (Fsp3) is 0.500. The van der Waals surface area contributed by atoms with Gasteiger partial charge in [-0.05, 0) is 44.1 Å². The van der Waals surface area contributed by atoms with E-state index in [1.54, 1.807) is 12.1 Å². The van der Waals surface area contributed by atoms with Gasteiger partial charge in [0, 0.05) is 6.04 Å². The minimum atomic E-state index is 0.